The van der Waals surface area contributed by atoms with Crippen molar-refractivity contribution in [3.8, 4) is 0 Å². The van der Waals surface area contributed by atoms with Gasteiger partial charge in [0.05, 0.1) is 5.39 Å². The van der Waals surface area contributed by atoms with Crippen LogP contribution >= 0.6 is 11.3 Å². The second-order valence-corrected chi connectivity index (χ2v) is 10.2. The van der Waals surface area contributed by atoms with Gasteiger partial charge in [-0.15, -0.1) is 16.4 Å². The van der Waals surface area contributed by atoms with Crippen molar-refractivity contribution in [3.63, 3.8) is 0 Å². The average molecular weight is 422 g/mol. The van der Waals surface area contributed by atoms with E-state index < -0.39 is 0 Å². The monoisotopic (exact) mass is 421 g/mol. The summed E-state index contributed by atoms with van der Waals surface area (Å²) in [6.45, 7) is 6.63. The number of nitrogens with zero attached hydrogens (tertiary/aromatic N) is 3. The summed E-state index contributed by atoms with van der Waals surface area (Å²) in [7, 11) is 0. The summed E-state index contributed by atoms with van der Waals surface area (Å²) in [6, 6.07) is 9.14. The van der Waals surface area contributed by atoms with Crippen molar-refractivity contribution in [2.45, 2.75) is 46.6 Å². The number of rotatable bonds is 3. The molecule has 0 saturated heterocycles. The lowest BCUT2D eigenvalue weighted by molar-refractivity contribution is 0.0939. The smallest absolute Gasteiger partial charge is 0.279 e. The van der Waals surface area contributed by atoms with E-state index >= 15 is 0 Å². The lowest BCUT2D eigenvalue weighted by Gasteiger charge is -2.33. The minimum absolute atomic E-state index is 0.184. The Balaban J connectivity index is 1.48. The summed E-state index contributed by atoms with van der Waals surface area (Å²) >= 11 is 1.57. The second-order valence-electron chi connectivity index (χ2n) is 9.11. The number of thiophene rings is 1. The Hall–Kier alpha value is -2.80. The first-order valence-corrected chi connectivity index (χ1v) is 11.0. The van der Waals surface area contributed by atoms with Crippen LogP contribution in [0.4, 0.5) is 0 Å². The zero-order valence-electron chi connectivity index (χ0n) is 17.3. The van der Waals surface area contributed by atoms with E-state index in [0.717, 1.165) is 30.2 Å². The lowest BCUT2D eigenvalue weighted by atomic mass is 9.72. The first-order valence-electron chi connectivity index (χ1n) is 10.2. The van der Waals surface area contributed by atoms with E-state index in [1.807, 2.05) is 24.3 Å². The number of hydrogen-bond donors (Lipinski definition) is 0. The van der Waals surface area contributed by atoms with Crippen LogP contribution in [0.5, 0.6) is 0 Å². The highest BCUT2D eigenvalue weighted by atomic mass is 32.1. The molecule has 7 heteroatoms. The summed E-state index contributed by atoms with van der Waals surface area (Å²) in [5, 5.41) is 9.80. The van der Waals surface area contributed by atoms with Gasteiger partial charge in [0.2, 0.25) is 5.78 Å². The number of furan rings is 1. The maximum atomic E-state index is 13.2. The third kappa shape index (κ3) is 3.17. The molecule has 1 aliphatic carbocycles. The molecule has 3 aromatic heterocycles. The van der Waals surface area contributed by atoms with Crippen LogP contribution in [-0.4, -0.2) is 20.8 Å². The standard InChI is InChI=1S/C23H23N3O3S/c1-23(2,3)14-8-9-15-19(11-14)30-21-20(15)22(28)26(25-24-21)12-16(27)18-10-13-6-4-5-7-17(13)29-18/h4-7,10,14H,8-9,11-12H2,1-3H3/t14-/m0/s1. The van der Waals surface area contributed by atoms with Crippen molar-refractivity contribution in [2.75, 3.05) is 0 Å². The molecule has 1 aromatic carbocycles. The minimum atomic E-state index is -0.293. The van der Waals surface area contributed by atoms with Crippen LogP contribution in [-0.2, 0) is 19.4 Å². The molecule has 1 aliphatic rings. The quantitative estimate of drug-likeness (QED) is 0.451. The summed E-state index contributed by atoms with van der Waals surface area (Å²) < 4.78 is 6.80. The summed E-state index contributed by atoms with van der Waals surface area (Å²) in [6.07, 6.45) is 2.90. The molecule has 5 rings (SSSR count). The highest BCUT2D eigenvalue weighted by Gasteiger charge is 2.32. The Kier molecular flexibility index (Phi) is 4.39. The zero-order chi connectivity index (χ0) is 21.0. The third-order valence-corrected chi connectivity index (χ3v) is 7.30. The van der Waals surface area contributed by atoms with Gasteiger partial charge in [-0.2, -0.15) is 0 Å². The number of fused-ring (bicyclic) bond motifs is 4. The molecule has 0 bridgehead atoms. The molecule has 0 unspecified atom stereocenters. The van der Waals surface area contributed by atoms with Crippen molar-refractivity contribution in [3.05, 3.63) is 56.9 Å². The van der Waals surface area contributed by atoms with Gasteiger partial charge in [0.1, 0.15) is 12.1 Å². The van der Waals surface area contributed by atoms with E-state index in [0.29, 0.717) is 21.7 Å². The largest absolute Gasteiger partial charge is 0.453 e. The van der Waals surface area contributed by atoms with Crippen LogP contribution in [0.25, 0.3) is 21.2 Å². The van der Waals surface area contributed by atoms with Crippen molar-refractivity contribution < 1.29 is 9.21 Å². The molecule has 30 heavy (non-hydrogen) atoms. The Morgan fingerprint density at radius 1 is 1.30 bits per heavy atom. The number of para-hydroxylation sites is 1. The van der Waals surface area contributed by atoms with Crippen molar-refractivity contribution in [2.24, 2.45) is 11.3 Å². The molecule has 0 N–H and O–H groups in total. The van der Waals surface area contributed by atoms with Gasteiger partial charge in [-0.1, -0.05) is 44.2 Å². The van der Waals surface area contributed by atoms with E-state index in [2.05, 4.69) is 31.1 Å². The van der Waals surface area contributed by atoms with Crippen LogP contribution in [0.15, 0.2) is 39.5 Å². The van der Waals surface area contributed by atoms with Crippen LogP contribution in [0.3, 0.4) is 0 Å². The Labute approximate surface area is 177 Å². The number of hydrogen-bond acceptors (Lipinski definition) is 6. The number of aryl methyl sites for hydroxylation is 1. The van der Waals surface area contributed by atoms with Gasteiger partial charge in [-0.05, 0) is 48.3 Å². The van der Waals surface area contributed by atoms with E-state index in [1.165, 1.54) is 9.56 Å². The predicted octanol–water partition coefficient (Wildman–Crippen LogP) is 4.63. The van der Waals surface area contributed by atoms with Gasteiger partial charge in [-0.25, -0.2) is 4.68 Å². The molecule has 0 fully saturated rings. The molecule has 4 aromatic rings. The van der Waals surface area contributed by atoms with Gasteiger partial charge in [0, 0.05) is 10.3 Å². The molecule has 0 saturated carbocycles. The Bertz CT molecular complexity index is 1310. The maximum Gasteiger partial charge on any atom is 0.279 e. The van der Waals surface area contributed by atoms with E-state index in [9.17, 15) is 9.59 Å². The van der Waals surface area contributed by atoms with Crippen LogP contribution in [0.2, 0.25) is 0 Å². The molecule has 154 valence electrons. The van der Waals surface area contributed by atoms with Gasteiger partial charge in [-0.3, -0.25) is 9.59 Å². The lowest BCUT2D eigenvalue weighted by Crippen LogP contribution is -2.29. The molecule has 0 spiro atoms. The summed E-state index contributed by atoms with van der Waals surface area (Å²) in [4.78, 5) is 27.8. The number of benzene rings is 1. The number of Topliss-reactive ketones (excluding diaryl/α,β-unsaturated/α-hetero) is 1. The van der Waals surface area contributed by atoms with Crippen molar-refractivity contribution in [1.29, 1.82) is 0 Å². The molecule has 3 heterocycles. The molecule has 0 amide bonds. The van der Waals surface area contributed by atoms with Crippen LogP contribution in [0, 0.1) is 11.3 Å². The molecule has 6 nitrogen and oxygen atoms in total. The Morgan fingerprint density at radius 3 is 2.87 bits per heavy atom. The van der Waals surface area contributed by atoms with Gasteiger partial charge in [0.15, 0.2) is 10.6 Å². The normalized spacial score (nSPS) is 16.8. The molecular weight excluding hydrogens is 398 g/mol. The van der Waals surface area contributed by atoms with Gasteiger partial charge >= 0.3 is 0 Å². The molecule has 1 atom stereocenters. The van der Waals surface area contributed by atoms with Crippen molar-refractivity contribution in [1.82, 2.24) is 15.0 Å². The first-order chi connectivity index (χ1) is 14.3. The van der Waals surface area contributed by atoms with E-state index in [1.54, 1.807) is 17.4 Å². The number of carbonyl (C=O) groups is 1. The van der Waals surface area contributed by atoms with E-state index in [-0.39, 0.29) is 29.1 Å². The molecule has 0 radical (unpaired) electrons. The van der Waals surface area contributed by atoms with Gasteiger partial charge in [0.25, 0.3) is 5.56 Å². The SMILES string of the molecule is CC(C)(C)[C@H]1CCc2c(sc3nnn(CC(=O)c4cc5ccccc5o4)c(=O)c23)C1. The van der Waals surface area contributed by atoms with E-state index in [4.69, 9.17) is 4.42 Å². The second kappa shape index (κ2) is 6.87. The molecule has 0 aliphatic heterocycles. The Morgan fingerprint density at radius 2 is 2.10 bits per heavy atom. The number of ketones is 1. The third-order valence-electron chi connectivity index (χ3n) is 6.16. The number of aromatic nitrogens is 3. The summed E-state index contributed by atoms with van der Waals surface area (Å²) in [5.41, 5.74) is 1.74. The first kappa shape index (κ1) is 19.2. The maximum absolute atomic E-state index is 13.2. The zero-order valence-corrected chi connectivity index (χ0v) is 18.1. The van der Waals surface area contributed by atoms with Crippen molar-refractivity contribution >= 4 is 38.3 Å². The highest BCUT2D eigenvalue weighted by molar-refractivity contribution is 7.18. The average Bonchev–Trinajstić information content (AvgIpc) is 3.30. The van der Waals surface area contributed by atoms with Gasteiger partial charge < -0.3 is 4.42 Å². The summed E-state index contributed by atoms with van der Waals surface area (Å²) in [5.74, 6) is 0.520. The number of carbonyl (C=O) groups excluding carboxylic acids is 1. The highest BCUT2D eigenvalue weighted by Crippen LogP contribution is 2.41. The predicted molar refractivity (Wildman–Crippen MR) is 117 cm³/mol. The minimum Gasteiger partial charge on any atom is -0.453 e. The van der Waals surface area contributed by atoms with Crippen LogP contribution < -0.4 is 5.56 Å². The fourth-order valence-corrected chi connectivity index (χ4v) is 5.54. The fourth-order valence-electron chi connectivity index (χ4n) is 4.30. The topological polar surface area (TPSA) is 78.0 Å². The fraction of sp³-hybridized carbons (Fsp3) is 0.391. The molecular formula is C23H23N3O3S. The van der Waals surface area contributed by atoms with Crippen LogP contribution in [0.1, 0.15) is 48.2 Å².